The van der Waals surface area contributed by atoms with Gasteiger partial charge in [0.05, 0.1) is 23.4 Å². The molecule has 1 unspecified atom stereocenters. The van der Waals surface area contributed by atoms with E-state index in [0.717, 1.165) is 16.7 Å². The minimum absolute atomic E-state index is 0.111. The first-order chi connectivity index (χ1) is 15.0. The molecule has 0 aliphatic heterocycles. The molecule has 0 spiro atoms. The van der Waals surface area contributed by atoms with Crippen LogP contribution in [0.2, 0.25) is 0 Å². The highest BCUT2D eigenvalue weighted by atomic mass is 16.3. The topological polar surface area (TPSA) is 80.4 Å². The number of hydrogen-bond acceptors (Lipinski definition) is 5. The number of likely N-dealkylation sites (N-methyl/N-ethyl adjacent to an activating group) is 1. The fourth-order valence-electron chi connectivity index (χ4n) is 3.57. The molecule has 0 saturated carbocycles. The summed E-state index contributed by atoms with van der Waals surface area (Å²) in [7, 11) is 3.84. The Balaban J connectivity index is 1.60. The third kappa shape index (κ3) is 4.41. The van der Waals surface area contributed by atoms with Crippen molar-refractivity contribution < 1.29 is 9.21 Å². The van der Waals surface area contributed by atoms with Gasteiger partial charge >= 0.3 is 0 Å². The monoisotopic (exact) mass is 416 g/mol. The molecular weight excluding hydrogens is 392 g/mol. The fraction of sp³-hybridized carbons (Fsp3) is 0.208. The zero-order chi connectivity index (χ0) is 21.8. The van der Waals surface area contributed by atoms with Crippen LogP contribution in [0.3, 0.4) is 0 Å². The molecule has 0 bridgehead atoms. The van der Waals surface area contributed by atoms with Gasteiger partial charge in [-0.2, -0.15) is 5.10 Å². The Kier molecular flexibility index (Phi) is 5.95. The Bertz CT molecular complexity index is 1230. The second-order valence-corrected chi connectivity index (χ2v) is 7.52. The number of rotatable bonds is 7. The van der Waals surface area contributed by atoms with Crippen LogP contribution in [0, 0.1) is 0 Å². The van der Waals surface area contributed by atoms with Crippen LogP contribution >= 0.6 is 0 Å². The lowest BCUT2D eigenvalue weighted by Crippen LogP contribution is -2.38. The summed E-state index contributed by atoms with van der Waals surface area (Å²) in [6.45, 7) is 0.190. The highest BCUT2D eigenvalue weighted by molar-refractivity contribution is 5.93. The maximum Gasteiger partial charge on any atom is 0.275 e. The van der Waals surface area contributed by atoms with Gasteiger partial charge in [-0.05, 0) is 32.3 Å². The molecule has 0 radical (unpaired) electrons. The Hall–Kier alpha value is -3.71. The number of carbonyl (C=O) groups excluding carboxylic acids is 1. The minimum Gasteiger partial charge on any atom is -0.468 e. The zero-order valence-electron chi connectivity index (χ0n) is 17.5. The molecule has 0 aliphatic carbocycles. The van der Waals surface area contributed by atoms with Gasteiger partial charge in [-0.3, -0.25) is 14.5 Å². The van der Waals surface area contributed by atoms with Crippen molar-refractivity contribution in [3.8, 4) is 11.3 Å². The Morgan fingerprint density at radius 1 is 1.03 bits per heavy atom. The lowest BCUT2D eigenvalue weighted by atomic mass is 10.1. The first-order valence-corrected chi connectivity index (χ1v) is 10.1. The molecule has 1 amide bonds. The van der Waals surface area contributed by atoms with E-state index in [1.807, 2.05) is 79.7 Å². The van der Waals surface area contributed by atoms with Crippen LogP contribution in [0.15, 0.2) is 82.2 Å². The van der Waals surface area contributed by atoms with E-state index in [1.165, 1.54) is 4.68 Å². The predicted octanol–water partition coefficient (Wildman–Crippen LogP) is 3.08. The van der Waals surface area contributed by atoms with Gasteiger partial charge in [-0.15, -0.1) is 0 Å². The van der Waals surface area contributed by atoms with Crippen LogP contribution in [0.1, 0.15) is 11.8 Å². The van der Waals surface area contributed by atoms with E-state index in [0.29, 0.717) is 17.6 Å². The molecule has 158 valence electrons. The van der Waals surface area contributed by atoms with E-state index in [2.05, 4.69) is 10.4 Å². The van der Waals surface area contributed by atoms with Crippen LogP contribution in [0.4, 0.5) is 0 Å². The van der Waals surface area contributed by atoms with Gasteiger partial charge in [0.15, 0.2) is 0 Å². The Labute approximate surface area is 179 Å². The summed E-state index contributed by atoms with van der Waals surface area (Å²) in [4.78, 5) is 27.6. The SMILES string of the molecule is CN(C)C(CNC(=O)Cn1nc(-c2ccccc2)c2ccccc2c1=O)c1ccco1. The van der Waals surface area contributed by atoms with Crippen molar-refractivity contribution in [3.63, 3.8) is 0 Å². The number of fused-ring (bicyclic) bond motifs is 1. The van der Waals surface area contributed by atoms with Crippen molar-refractivity contribution in [1.29, 1.82) is 0 Å². The summed E-state index contributed by atoms with van der Waals surface area (Å²) in [5.74, 6) is 0.472. The molecule has 4 aromatic rings. The third-order valence-electron chi connectivity index (χ3n) is 5.20. The van der Waals surface area contributed by atoms with E-state index >= 15 is 0 Å². The molecule has 31 heavy (non-hydrogen) atoms. The van der Waals surface area contributed by atoms with Gasteiger partial charge in [0.25, 0.3) is 5.56 Å². The summed E-state index contributed by atoms with van der Waals surface area (Å²) >= 11 is 0. The van der Waals surface area contributed by atoms with Crippen molar-refractivity contribution in [2.45, 2.75) is 12.6 Å². The summed E-state index contributed by atoms with van der Waals surface area (Å²) in [5.41, 5.74) is 1.27. The van der Waals surface area contributed by atoms with Crippen LogP contribution in [-0.4, -0.2) is 41.2 Å². The zero-order valence-corrected chi connectivity index (χ0v) is 17.5. The molecule has 0 fully saturated rings. The van der Waals surface area contributed by atoms with E-state index in [9.17, 15) is 9.59 Å². The first-order valence-electron chi connectivity index (χ1n) is 10.1. The minimum atomic E-state index is -0.291. The molecule has 2 aromatic carbocycles. The first kappa shape index (κ1) is 20.6. The largest absolute Gasteiger partial charge is 0.468 e. The number of amides is 1. The van der Waals surface area contributed by atoms with Gasteiger partial charge < -0.3 is 9.73 Å². The fourth-order valence-corrected chi connectivity index (χ4v) is 3.57. The molecule has 0 aliphatic rings. The number of benzene rings is 2. The Morgan fingerprint density at radius 2 is 1.74 bits per heavy atom. The summed E-state index contributed by atoms with van der Waals surface area (Å²) in [6, 6.07) is 20.6. The van der Waals surface area contributed by atoms with Crippen LogP contribution in [0.25, 0.3) is 22.0 Å². The van der Waals surface area contributed by atoms with E-state index < -0.39 is 0 Å². The number of nitrogens with zero attached hydrogens (tertiary/aromatic N) is 3. The smallest absolute Gasteiger partial charge is 0.275 e. The lowest BCUT2D eigenvalue weighted by molar-refractivity contribution is -0.122. The van der Waals surface area contributed by atoms with Gasteiger partial charge in [0.1, 0.15) is 12.3 Å². The normalized spacial score (nSPS) is 12.2. The van der Waals surface area contributed by atoms with E-state index in [4.69, 9.17) is 4.42 Å². The number of nitrogens with one attached hydrogen (secondary N) is 1. The second-order valence-electron chi connectivity index (χ2n) is 7.52. The number of aromatic nitrogens is 2. The average Bonchev–Trinajstić information content (AvgIpc) is 3.31. The molecule has 2 aromatic heterocycles. The maximum atomic E-state index is 13.0. The standard InChI is InChI=1S/C24H24N4O3/c1-27(2)20(21-13-8-14-31-21)15-25-22(29)16-28-24(30)19-12-7-6-11-18(19)23(26-28)17-9-4-3-5-10-17/h3-14,20H,15-16H2,1-2H3,(H,25,29). The van der Waals surface area contributed by atoms with Gasteiger partial charge in [-0.1, -0.05) is 48.5 Å². The molecule has 0 saturated heterocycles. The van der Waals surface area contributed by atoms with Crippen LogP contribution < -0.4 is 10.9 Å². The molecule has 7 nitrogen and oxygen atoms in total. The molecule has 2 heterocycles. The number of furan rings is 1. The predicted molar refractivity (Wildman–Crippen MR) is 120 cm³/mol. The quantitative estimate of drug-likeness (QED) is 0.501. The van der Waals surface area contributed by atoms with Crippen molar-refractivity contribution in [2.75, 3.05) is 20.6 Å². The molecule has 4 rings (SSSR count). The van der Waals surface area contributed by atoms with Gasteiger partial charge in [0, 0.05) is 17.5 Å². The van der Waals surface area contributed by atoms with Crippen molar-refractivity contribution in [1.82, 2.24) is 20.0 Å². The molecule has 1 N–H and O–H groups in total. The third-order valence-corrected chi connectivity index (χ3v) is 5.20. The highest BCUT2D eigenvalue weighted by Gasteiger charge is 2.19. The second kappa shape index (κ2) is 8.97. The van der Waals surface area contributed by atoms with E-state index in [1.54, 1.807) is 12.3 Å². The van der Waals surface area contributed by atoms with E-state index in [-0.39, 0.29) is 24.1 Å². The van der Waals surface area contributed by atoms with Crippen LogP contribution in [-0.2, 0) is 11.3 Å². The van der Waals surface area contributed by atoms with Crippen molar-refractivity contribution in [3.05, 3.63) is 89.1 Å². The average molecular weight is 416 g/mol. The summed E-state index contributed by atoms with van der Waals surface area (Å²) < 4.78 is 6.71. The number of carbonyl (C=O) groups is 1. The number of hydrogen-bond donors (Lipinski definition) is 1. The van der Waals surface area contributed by atoms with Crippen molar-refractivity contribution in [2.24, 2.45) is 0 Å². The molecule has 1 atom stereocenters. The van der Waals surface area contributed by atoms with Gasteiger partial charge in [-0.25, -0.2) is 4.68 Å². The van der Waals surface area contributed by atoms with Gasteiger partial charge in [0.2, 0.25) is 5.91 Å². The molecule has 7 heteroatoms. The maximum absolute atomic E-state index is 13.0. The highest BCUT2D eigenvalue weighted by Crippen LogP contribution is 2.24. The lowest BCUT2D eigenvalue weighted by Gasteiger charge is -2.22. The van der Waals surface area contributed by atoms with Crippen LogP contribution in [0.5, 0.6) is 0 Å². The summed E-state index contributed by atoms with van der Waals surface area (Å²) in [6.07, 6.45) is 1.61. The molecular formula is C24H24N4O3. The Morgan fingerprint density at radius 3 is 2.42 bits per heavy atom. The summed E-state index contributed by atoms with van der Waals surface area (Å²) in [5, 5.41) is 8.73. The van der Waals surface area contributed by atoms with Crippen molar-refractivity contribution >= 4 is 16.7 Å².